The lowest BCUT2D eigenvalue weighted by atomic mass is 9.92. The number of nitrogens with one attached hydrogen (secondary N) is 1. The Balaban J connectivity index is 1.53. The SMILES string of the molecule is CNC(O)(CCCc1cccc2c1CCC2)c1cccc2ccoc12. The maximum atomic E-state index is 11.2. The number of aliphatic hydroxyl groups is 1. The van der Waals surface area contributed by atoms with E-state index in [9.17, 15) is 5.11 Å². The number of hydrogen-bond donors (Lipinski definition) is 2. The summed E-state index contributed by atoms with van der Waals surface area (Å²) in [4.78, 5) is 0. The molecule has 130 valence electrons. The molecule has 3 nitrogen and oxygen atoms in total. The molecule has 1 unspecified atom stereocenters. The highest BCUT2D eigenvalue weighted by atomic mass is 16.3. The minimum atomic E-state index is -1.07. The number of furan rings is 1. The molecule has 1 aliphatic rings. The van der Waals surface area contributed by atoms with Crippen molar-refractivity contribution in [2.24, 2.45) is 0 Å². The molecule has 0 radical (unpaired) electrons. The molecule has 25 heavy (non-hydrogen) atoms. The molecule has 0 fully saturated rings. The van der Waals surface area contributed by atoms with Crippen molar-refractivity contribution in [1.82, 2.24) is 5.32 Å². The minimum absolute atomic E-state index is 0.646. The first kappa shape index (κ1) is 16.4. The van der Waals surface area contributed by atoms with Gasteiger partial charge in [0.05, 0.1) is 6.26 Å². The van der Waals surface area contributed by atoms with Gasteiger partial charge < -0.3 is 9.52 Å². The molecule has 1 aliphatic carbocycles. The van der Waals surface area contributed by atoms with Gasteiger partial charge >= 0.3 is 0 Å². The standard InChI is InChI=1S/C22H25NO2/c1-23-22(24,20-12-4-9-18-13-15-25-21(18)20)14-5-10-17-7-2-6-16-8-3-11-19(16)17/h2,4,6-7,9,12-13,15,23-24H,3,5,8,10-11,14H2,1H3. The summed E-state index contributed by atoms with van der Waals surface area (Å²) in [7, 11) is 1.81. The van der Waals surface area contributed by atoms with Crippen molar-refractivity contribution in [3.63, 3.8) is 0 Å². The van der Waals surface area contributed by atoms with Crippen molar-refractivity contribution in [2.45, 2.75) is 44.2 Å². The number of hydrogen-bond acceptors (Lipinski definition) is 3. The van der Waals surface area contributed by atoms with Crippen LogP contribution < -0.4 is 5.32 Å². The molecule has 0 aliphatic heterocycles. The zero-order valence-electron chi connectivity index (χ0n) is 14.7. The summed E-state index contributed by atoms with van der Waals surface area (Å²) in [5, 5.41) is 15.3. The Kier molecular flexibility index (Phi) is 4.36. The molecule has 2 N–H and O–H groups in total. The number of fused-ring (bicyclic) bond motifs is 2. The van der Waals surface area contributed by atoms with Crippen molar-refractivity contribution < 1.29 is 9.52 Å². The van der Waals surface area contributed by atoms with Crippen LogP contribution in [0.3, 0.4) is 0 Å². The van der Waals surface area contributed by atoms with Gasteiger partial charge in [-0.3, -0.25) is 5.32 Å². The highest BCUT2D eigenvalue weighted by Crippen LogP contribution is 2.32. The molecule has 3 aromatic rings. The highest BCUT2D eigenvalue weighted by molar-refractivity contribution is 5.81. The van der Waals surface area contributed by atoms with Gasteiger partial charge in [0.2, 0.25) is 0 Å². The zero-order chi connectivity index (χ0) is 17.3. The van der Waals surface area contributed by atoms with Crippen LogP contribution in [0, 0.1) is 0 Å². The van der Waals surface area contributed by atoms with Gasteiger partial charge in [0.25, 0.3) is 0 Å². The predicted octanol–water partition coefficient (Wildman–Crippen LogP) is 4.31. The lowest BCUT2D eigenvalue weighted by molar-refractivity contribution is -0.00180. The first-order valence-electron chi connectivity index (χ1n) is 9.19. The van der Waals surface area contributed by atoms with E-state index < -0.39 is 5.72 Å². The van der Waals surface area contributed by atoms with Crippen LogP contribution in [-0.2, 0) is 25.0 Å². The van der Waals surface area contributed by atoms with Crippen molar-refractivity contribution in [3.8, 4) is 0 Å². The number of aryl methyl sites for hydroxylation is 2. The number of benzene rings is 2. The Bertz CT molecular complexity index is 883. The number of rotatable bonds is 6. The Morgan fingerprint density at radius 2 is 2.00 bits per heavy atom. The average molecular weight is 335 g/mol. The van der Waals surface area contributed by atoms with Crippen LogP contribution in [0.4, 0.5) is 0 Å². The zero-order valence-corrected chi connectivity index (χ0v) is 14.7. The van der Waals surface area contributed by atoms with Crippen LogP contribution in [0.5, 0.6) is 0 Å². The number of para-hydroxylation sites is 1. The van der Waals surface area contributed by atoms with Crippen molar-refractivity contribution in [2.75, 3.05) is 7.05 Å². The van der Waals surface area contributed by atoms with Gasteiger partial charge in [-0.25, -0.2) is 0 Å². The van der Waals surface area contributed by atoms with E-state index in [4.69, 9.17) is 4.42 Å². The lowest BCUT2D eigenvalue weighted by Crippen LogP contribution is -2.40. The Labute approximate surface area is 148 Å². The Morgan fingerprint density at radius 3 is 2.88 bits per heavy atom. The fourth-order valence-electron chi connectivity index (χ4n) is 4.18. The molecule has 1 aromatic heterocycles. The molecule has 0 amide bonds. The second-order valence-corrected chi connectivity index (χ2v) is 7.02. The minimum Gasteiger partial charge on any atom is -0.464 e. The third kappa shape index (κ3) is 2.99. The van der Waals surface area contributed by atoms with Crippen LogP contribution in [0.1, 0.15) is 41.5 Å². The maximum Gasteiger partial charge on any atom is 0.145 e. The van der Waals surface area contributed by atoms with Crippen LogP contribution in [0.2, 0.25) is 0 Å². The Morgan fingerprint density at radius 1 is 1.12 bits per heavy atom. The summed E-state index contributed by atoms with van der Waals surface area (Å²) in [6, 6.07) is 14.5. The van der Waals surface area contributed by atoms with Crippen LogP contribution in [-0.4, -0.2) is 12.2 Å². The van der Waals surface area contributed by atoms with E-state index in [0.717, 1.165) is 29.4 Å². The molecule has 0 saturated carbocycles. The van der Waals surface area contributed by atoms with Crippen molar-refractivity contribution in [1.29, 1.82) is 0 Å². The van der Waals surface area contributed by atoms with E-state index in [1.54, 1.807) is 11.8 Å². The third-order valence-electron chi connectivity index (χ3n) is 5.57. The summed E-state index contributed by atoms with van der Waals surface area (Å²) in [6.45, 7) is 0. The van der Waals surface area contributed by atoms with Crippen LogP contribution >= 0.6 is 0 Å². The van der Waals surface area contributed by atoms with E-state index in [0.29, 0.717) is 6.42 Å². The summed E-state index contributed by atoms with van der Waals surface area (Å²) in [5.74, 6) is 0. The predicted molar refractivity (Wildman–Crippen MR) is 101 cm³/mol. The normalized spacial score (nSPS) is 16.1. The summed E-state index contributed by atoms with van der Waals surface area (Å²) < 4.78 is 5.62. The van der Waals surface area contributed by atoms with Gasteiger partial charge in [0.15, 0.2) is 0 Å². The van der Waals surface area contributed by atoms with Crippen molar-refractivity contribution >= 4 is 11.0 Å². The Hall–Kier alpha value is -2.10. The molecule has 0 saturated heterocycles. The monoisotopic (exact) mass is 335 g/mol. The van der Waals surface area contributed by atoms with Gasteiger partial charge in [-0.05, 0) is 68.3 Å². The molecule has 0 spiro atoms. The summed E-state index contributed by atoms with van der Waals surface area (Å²) in [5.41, 5.74) is 5.01. The summed E-state index contributed by atoms with van der Waals surface area (Å²) in [6.07, 6.45) is 7.93. The fourth-order valence-corrected chi connectivity index (χ4v) is 4.18. The first-order chi connectivity index (χ1) is 12.2. The first-order valence-corrected chi connectivity index (χ1v) is 9.19. The lowest BCUT2D eigenvalue weighted by Gasteiger charge is -2.28. The van der Waals surface area contributed by atoms with E-state index in [1.165, 1.54) is 30.4 Å². The van der Waals surface area contributed by atoms with E-state index in [-0.39, 0.29) is 0 Å². The van der Waals surface area contributed by atoms with Gasteiger partial charge in [0, 0.05) is 10.9 Å². The van der Waals surface area contributed by atoms with Gasteiger partial charge in [-0.15, -0.1) is 0 Å². The third-order valence-corrected chi connectivity index (χ3v) is 5.57. The second-order valence-electron chi connectivity index (χ2n) is 7.02. The maximum absolute atomic E-state index is 11.2. The van der Waals surface area contributed by atoms with Gasteiger partial charge in [0.1, 0.15) is 11.3 Å². The fraction of sp³-hybridized carbons (Fsp3) is 0.364. The molecule has 3 heteroatoms. The molecular weight excluding hydrogens is 310 g/mol. The quantitative estimate of drug-likeness (QED) is 0.660. The molecule has 1 atom stereocenters. The second kappa shape index (κ2) is 6.66. The van der Waals surface area contributed by atoms with E-state index in [2.05, 4.69) is 23.5 Å². The smallest absolute Gasteiger partial charge is 0.145 e. The molecule has 4 rings (SSSR count). The molecule has 0 bridgehead atoms. The largest absolute Gasteiger partial charge is 0.464 e. The van der Waals surface area contributed by atoms with Gasteiger partial charge in [-0.1, -0.05) is 36.4 Å². The van der Waals surface area contributed by atoms with Gasteiger partial charge in [-0.2, -0.15) is 0 Å². The topological polar surface area (TPSA) is 45.4 Å². The summed E-state index contributed by atoms with van der Waals surface area (Å²) >= 11 is 0. The molecule has 2 aromatic carbocycles. The van der Waals surface area contributed by atoms with Crippen LogP contribution in [0.15, 0.2) is 53.1 Å². The van der Waals surface area contributed by atoms with Crippen LogP contribution in [0.25, 0.3) is 11.0 Å². The van der Waals surface area contributed by atoms with E-state index >= 15 is 0 Å². The molecular formula is C22H25NO2. The average Bonchev–Trinajstić information content (AvgIpc) is 3.30. The molecule has 1 heterocycles. The highest BCUT2D eigenvalue weighted by Gasteiger charge is 2.30. The van der Waals surface area contributed by atoms with Crippen molar-refractivity contribution in [3.05, 3.63) is 71.0 Å². The van der Waals surface area contributed by atoms with E-state index in [1.807, 2.05) is 31.3 Å².